The Kier molecular flexibility index (Phi) is 10.2. The summed E-state index contributed by atoms with van der Waals surface area (Å²) in [5.74, 6) is 4.51. The van der Waals surface area contributed by atoms with Crippen LogP contribution in [0.4, 0.5) is 17.6 Å². The summed E-state index contributed by atoms with van der Waals surface area (Å²) in [7, 11) is 0. The van der Waals surface area contributed by atoms with Gasteiger partial charge in [0.2, 0.25) is 5.01 Å². The number of aromatic nitrogens is 4. The van der Waals surface area contributed by atoms with Crippen LogP contribution in [-0.4, -0.2) is 49.7 Å². The van der Waals surface area contributed by atoms with Crippen LogP contribution in [0.5, 0.6) is 0 Å². The third kappa shape index (κ3) is 9.57. The van der Waals surface area contributed by atoms with Gasteiger partial charge in [0.25, 0.3) is 11.8 Å². The lowest BCUT2D eigenvalue weighted by Crippen LogP contribution is -2.36. The first-order chi connectivity index (χ1) is 18.5. The predicted octanol–water partition coefficient (Wildman–Crippen LogP) is 1.84. The third-order valence-electron chi connectivity index (χ3n) is 5.04. The number of nitrogens with two attached hydrogens (primary N) is 2. The van der Waals surface area contributed by atoms with Crippen LogP contribution in [0.15, 0.2) is 54.6 Å². The molecule has 1 atom stereocenters. The molecule has 0 aromatic carbocycles. The Hall–Kier alpha value is -4.18. The summed E-state index contributed by atoms with van der Waals surface area (Å²) in [6, 6.07) is 6.92. The lowest BCUT2D eigenvalue weighted by Gasteiger charge is -2.17. The second kappa shape index (κ2) is 13.6. The van der Waals surface area contributed by atoms with Crippen molar-refractivity contribution in [3.8, 4) is 0 Å². The first-order valence-corrected chi connectivity index (χ1v) is 12.3. The SMILES string of the molecule is N/C(=C\N(N)CC(F)CCc1nnc(C(=O)NCc2cc(C(F)(F)F)ccn2)s1)C(=O)NCc1ccccn1. The minimum absolute atomic E-state index is 0.00226. The summed E-state index contributed by atoms with van der Waals surface area (Å²) in [6.07, 6.45) is -2.08. The zero-order valence-corrected chi connectivity index (χ0v) is 21.2. The maximum absolute atomic E-state index is 14.4. The van der Waals surface area contributed by atoms with Crippen molar-refractivity contribution in [1.29, 1.82) is 0 Å². The summed E-state index contributed by atoms with van der Waals surface area (Å²) in [4.78, 5) is 32.2. The minimum Gasteiger partial charge on any atom is -0.393 e. The molecule has 0 saturated heterocycles. The molecule has 6 N–H and O–H groups in total. The molecule has 208 valence electrons. The van der Waals surface area contributed by atoms with E-state index in [2.05, 4.69) is 30.8 Å². The van der Waals surface area contributed by atoms with Crippen LogP contribution in [0.1, 0.15) is 38.2 Å². The van der Waals surface area contributed by atoms with Gasteiger partial charge in [-0.25, -0.2) is 10.2 Å². The highest BCUT2D eigenvalue weighted by molar-refractivity contribution is 7.13. The first kappa shape index (κ1) is 29.4. The monoisotopic (exact) mass is 567 g/mol. The van der Waals surface area contributed by atoms with E-state index in [1.165, 1.54) is 0 Å². The number of aryl methyl sites for hydroxylation is 1. The van der Waals surface area contributed by atoms with Crippen molar-refractivity contribution < 1.29 is 27.2 Å². The smallest absolute Gasteiger partial charge is 0.393 e. The van der Waals surface area contributed by atoms with Crippen LogP contribution in [0.3, 0.4) is 0 Å². The van der Waals surface area contributed by atoms with Crippen molar-refractivity contribution in [3.63, 3.8) is 0 Å². The van der Waals surface area contributed by atoms with Gasteiger partial charge in [-0.15, -0.1) is 10.2 Å². The molecule has 1 unspecified atom stereocenters. The Labute approximate surface area is 224 Å². The quantitative estimate of drug-likeness (QED) is 0.111. The van der Waals surface area contributed by atoms with Crippen LogP contribution in [0.25, 0.3) is 0 Å². The van der Waals surface area contributed by atoms with Gasteiger partial charge in [0.15, 0.2) is 0 Å². The number of alkyl halides is 4. The Morgan fingerprint density at radius 3 is 2.54 bits per heavy atom. The standard InChI is InChI=1S/C23H25F4N9O2S/c24-15(12-36(29)13-18(28)20(37)32-10-16-3-1-2-7-30-16)4-5-19-34-35-22(39-19)21(38)33-11-17-9-14(6-8-31-17)23(25,26)27/h1-3,6-9,13,15H,4-5,10-12,28-29H2,(H,32,37)(H,33,38)/b18-13-. The number of nitrogens with zero attached hydrogens (tertiary/aromatic N) is 5. The second-order valence-corrected chi connectivity index (χ2v) is 9.20. The number of amides is 2. The Morgan fingerprint density at radius 2 is 1.82 bits per heavy atom. The molecule has 3 aromatic heterocycles. The average molecular weight is 568 g/mol. The highest BCUT2D eigenvalue weighted by Crippen LogP contribution is 2.29. The van der Waals surface area contributed by atoms with Crippen molar-refractivity contribution in [1.82, 2.24) is 35.8 Å². The highest BCUT2D eigenvalue weighted by Gasteiger charge is 2.30. The van der Waals surface area contributed by atoms with Crippen molar-refractivity contribution in [2.45, 2.75) is 38.3 Å². The molecule has 0 bridgehead atoms. The van der Waals surface area contributed by atoms with Gasteiger partial charge in [0.1, 0.15) is 16.9 Å². The van der Waals surface area contributed by atoms with Crippen LogP contribution in [0.2, 0.25) is 0 Å². The fraction of sp³-hybridized carbons (Fsp3) is 0.304. The molecule has 0 fully saturated rings. The molecule has 39 heavy (non-hydrogen) atoms. The number of nitrogens with one attached hydrogen (secondary N) is 2. The van der Waals surface area contributed by atoms with E-state index < -0.39 is 29.7 Å². The average Bonchev–Trinajstić information content (AvgIpc) is 3.38. The van der Waals surface area contributed by atoms with Crippen LogP contribution in [-0.2, 0) is 30.5 Å². The highest BCUT2D eigenvalue weighted by atomic mass is 32.1. The molecular weight excluding hydrogens is 542 g/mol. The van der Waals surface area contributed by atoms with E-state index in [4.69, 9.17) is 11.6 Å². The van der Waals surface area contributed by atoms with Crippen molar-refractivity contribution in [2.24, 2.45) is 11.6 Å². The topological polar surface area (TPSA) is 165 Å². The van der Waals surface area contributed by atoms with Crippen molar-refractivity contribution in [3.05, 3.63) is 81.6 Å². The van der Waals surface area contributed by atoms with Gasteiger partial charge >= 0.3 is 6.18 Å². The maximum Gasteiger partial charge on any atom is 0.416 e. The van der Waals surface area contributed by atoms with Gasteiger partial charge in [-0.05, 0) is 30.7 Å². The molecule has 0 saturated carbocycles. The lowest BCUT2D eigenvalue weighted by atomic mass is 10.2. The molecule has 3 heterocycles. The van der Waals surface area contributed by atoms with Gasteiger partial charge in [0.05, 0.1) is 36.6 Å². The number of halogens is 4. The molecule has 2 amide bonds. The summed E-state index contributed by atoms with van der Waals surface area (Å²) >= 11 is 0.926. The molecule has 0 aliphatic rings. The number of hydrazine groups is 1. The van der Waals surface area contributed by atoms with E-state index in [-0.39, 0.29) is 48.9 Å². The number of carbonyl (C=O) groups excluding carboxylic acids is 2. The molecule has 3 rings (SSSR count). The molecule has 16 heteroatoms. The normalized spacial score (nSPS) is 12.6. The summed E-state index contributed by atoms with van der Waals surface area (Å²) in [5.41, 5.74) is 5.29. The predicted molar refractivity (Wildman–Crippen MR) is 133 cm³/mol. The van der Waals surface area contributed by atoms with E-state index in [1.54, 1.807) is 24.4 Å². The molecule has 3 aromatic rings. The van der Waals surface area contributed by atoms with E-state index in [9.17, 15) is 27.2 Å². The van der Waals surface area contributed by atoms with Gasteiger partial charge in [-0.3, -0.25) is 19.6 Å². The fourth-order valence-corrected chi connectivity index (χ4v) is 3.88. The first-order valence-electron chi connectivity index (χ1n) is 11.4. The Morgan fingerprint density at radius 1 is 1.08 bits per heavy atom. The fourth-order valence-electron chi connectivity index (χ4n) is 3.11. The molecule has 0 spiro atoms. The second-order valence-electron chi connectivity index (χ2n) is 8.14. The van der Waals surface area contributed by atoms with Gasteiger partial charge in [-0.2, -0.15) is 13.2 Å². The van der Waals surface area contributed by atoms with E-state index >= 15 is 0 Å². The zero-order valence-electron chi connectivity index (χ0n) is 20.4. The van der Waals surface area contributed by atoms with E-state index in [1.807, 2.05) is 0 Å². The summed E-state index contributed by atoms with van der Waals surface area (Å²) in [5, 5.41) is 13.9. The number of carbonyl (C=O) groups is 2. The third-order valence-corrected chi connectivity index (χ3v) is 6.02. The molecule has 0 aliphatic carbocycles. The van der Waals surface area contributed by atoms with Crippen molar-refractivity contribution >= 4 is 23.2 Å². The lowest BCUT2D eigenvalue weighted by molar-refractivity contribution is -0.137. The largest absolute Gasteiger partial charge is 0.416 e. The van der Waals surface area contributed by atoms with E-state index in [0.29, 0.717) is 10.7 Å². The van der Waals surface area contributed by atoms with Gasteiger partial charge in [0, 0.05) is 25.0 Å². The number of hydrogen-bond donors (Lipinski definition) is 4. The molecule has 11 nitrogen and oxygen atoms in total. The molecule has 0 aliphatic heterocycles. The van der Waals surface area contributed by atoms with E-state index in [0.717, 1.165) is 40.9 Å². The molecule has 0 radical (unpaired) electrons. The Bertz CT molecular complexity index is 1290. The number of pyridine rings is 2. The minimum atomic E-state index is -4.52. The van der Waals surface area contributed by atoms with Gasteiger partial charge < -0.3 is 21.4 Å². The van der Waals surface area contributed by atoms with Crippen LogP contribution in [0, 0.1) is 0 Å². The van der Waals surface area contributed by atoms with Crippen molar-refractivity contribution in [2.75, 3.05) is 6.54 Å². The number of hydrogen-bond acceptors (Lipinski definition) is 10. The molecular formula is C23H25F4N9O2S. The van der Waals surface area contributed by atoms with Crippen LogP contribution >= 0.6 is 11.3 Å². The Balaban J connectivity index is 1.41. The summed E-state index contributed by atoms with van der Waals surface area (Å²) < 4.78 is 52.9. The summed E-state index contributed by atoms with van der Waals surface area (Å²) in [6.45, 7) is -0.340. The zero-order chi connectivity index (χ0) is 28.4. The maximum atomic E-state index is 14.4. The van der Waals surface area contributed by atoms with Crippen LogP contribution < -0.4 is 22.2 Å². The van der Waals surface area contributed by atoms with Gasteiger partial charge in [-0.1, -0.05) is 17.4 Å². The number of rotatable bonds is 12.